The van der Waals surface area contributed by atoms with Gasteiger partial charge < -0.3 is 14.4 Å². The minimum atomic E-state index is -1.53. The van der Waals surface area contributed by atoms with E-state index in [1.54, 1.807) is 25.3 Å². The number of fused-ring (bicyclic) bond motifs is 2. The first-order valence-corrected chi connectivity index (χ1v) is 7.00. The maximum Gasteiger partial charge on any atom is 0.199 e. The fraction of sp³-hybridized carbons (Fsp3) is 0.375. The SMILES string of the molecule is COc1cccc2c1-c1noc3c1[C@](O)(C[C@@H](C)C3)C2=O. The molecule has 0 amide bonds. The Hall–Kier alpha value is -2.14. The molecule has 0 radical (unpaired) electrons. The van der Waals surface area contributed by atoms with Crippen molar-refractivity contribution in [3.05, 3.63) is 35.1 Å². The highest BCUT2D eigenvalue weighted by molar-refractivity contribution is 6.12. The lowest BCUT2D eigenvalue weighted by atomic mass is 9.68. The molecule has 0 fully saturated rings. The second-order valence-corrected chi connectivity index (χ2v) is 5.92. The number of Topliss-reactive ketones (excluding diaryl/α,β-unsaturated/α-hetero) is 1. The van der Waals surface area contributed by atoms with E-state index >= 15 is 0 Å². The van der Waals surface area contributed by atoms with Crippen LogP contribution in [0.1, 0.15) is 35.0 Å². The molecule has 1 aromatic heterocycles. The summed E-state index contributed by atoms with van der Waals surface area (Å²) in [5, 5.41) is 15.1. The van der Waals surface area contributed by atoms with Crippen molar-refractivity contribution in [2.45, 2.75) is 25.4 Å². The Bertz CT molecular complexity index is 764. The Morgan fingerprint density at radius 2 is 2.29 bits per heavy atom. The third kappa shape index (κ3) is 1.44. The van der Waals surface area contributed by atoms with Crippen LogP contribution >= 0.6 is 0 Å². The number of ether oxygens (including phenoxy) is 1. The third-order valence-corrected chi connectivity index (χ3v) is 4.46. The van der Waals surface area contributed by atoms with E-state index in [0.29, 0.717) is 46.7 Å². The van der Waals surface area contributed by atoms with Gasteiger partial charge in [0.1, 0.15) is 17.2 Å². The average Bonchev–Trinajstić information content (AvgIpc) is 2.88. The lowest BCUT2D eigenvalue weighted by Crippen LogP contribution is -2.43. The smallest absolute Gasteiger partial charge is 0.199 e. The number of aromatic nitrogens is 1. The Balaban J connectivity index is 2.09. The van der Waals surface area contributed by atoms with Crippen LogP contribution in [0.3, 0.4) is 0 Å². The molecule has 5 heteroatoms. The minimum Gasteiger partial charge on any atom is -0.496 e. The first kappa shape index (κ1) is 12.6. The van der Waals surface area contributed by atoms with E-state index in [1.807, 2.05) is 6.92 Å². The van der Waals surface area contributed by atoms with Crippen molar-refractivity contribution >= 4 is 5.78 Å². The standard InChI is InChI=1S/C16H15NO4/c1-8-6-11-13-14(17-21-11)12-9(4-3-5-10(12)20-2)15(18)16(13,19)7-8/h3-5,8,19H,6-7H2,1-2H3/t8-,16+/m0/s1. The van der Waals surface area contributed by atoms with Crippen molar-refractivity contribution < 1.29 is 19.2 Å². The van der Waals surface area contributed by atoms with E-state index in [4.69, 9.17) is 9.26 Å². The zero-order chi connectivity index (χ0) is 14.8. The van der Waals surface area contributed by atoms with Crippen molar-refractivity contribution in [1.82, 2.24) is 5.16 Å². The summed E-state index contributed by atoms with van der Waals surface area (Å²) in [5.41, 5.74) is 0.600. The highest BCUT2D eigenvalue weighted by atomic mass is 16.5. The van der Waals surface area contributed by atoms with Gasteiger partial charge in [0.2, 0.25) is 0 Å². The Kier molecular flexibility index (Phi) is 2.37. The molecule has 2 atom stereocenters. The predicted octanol–water partition coefficient (Wildman–Crippen LogP) is 2.32. The largest absolute Gasteiger partial charge is 0.496 e. The van der Waals surface area contributed by atoms with Crippen LogP contribution in [0.5, 0.6) is 5.75 Å². The quantitative estimate of drug-likeness (QED) is 0.870. The van der Waals surface area contributed by atoms with Crippen LogP contribution in [0.15, 0.2) is 22.7 Å². The molecule has 1 heterocycles. The molecule has 0 unspecified atom stereocenters. The van der Waals surface area contributed by atoms with Crippen LogP contribution in [0.2, 0.25) is 0 Å². The number of benzene rings is 1. The number of aliphatic hydroxyl groups is 1. The molecule has 2 aliphatic carbocycles. The summed E-state index contributed by atoms with van der Waals surface area (Å²) in [6.07, 6.45) is 1.08. The van der Waals surface area contributed by atoms with E-state index in [1.165, 1.54) is 0 Å². The normalized spacial score (nSPS) is 26.2. The summed E-state index contributed by atoms with van der Waals surface area (Å²) in [6.45, 7) is 2.00. The van der Waals surface area contributed by atoms with Gasteiger partial charge in [-0.1, -0.05) is 24.2 Å². The predicted molar refractivity (Wildman–Crippen MR) is 74.2 cm³/mol. The number of carbonyl (C=O) groups is 1. The number of hydrogen-bond donors (Lipinski definition) is 1. The summed E-state index contributed by atoms with van der Waals surface area (Å²) < 4.78 is 10.8. The van der Waals surface area contributed by atoms with Gasteiger partial charge in [-0.3, -0.25) is 4.79 Å². The van der Waals surface area contributed by atoms with Crippen molar-refractivity contribution in [3.8, 4) is 17.0 Å². The maximum atomic E-state index is 12.9. The Morgan fingerprint density at radius 3 is 3.05 bits per heavy atom. The molecule has 0 saturated carbocycles. The second-order valence-electron chi connectivity index (χ2n) is 5.92. The van der Waals surface area contributed by atoms with Crippen LogP contribution in [0.25, 0.3) is 11.3 Å². The number of carbonyl (C=O) groups excluding carboxylic acids is 1. The van der Waals surface area contributed by atoms with E-state index in [-0.39, 0.29) is 11.7 Å². The number of rotatable bonds is 1. The van der Waals surface area contributed by atoms with Crippen molar-refractivity contribution in [1.29, 1.82) is 0 Å². The van der Waals surface area contributed by atoms with Gasteiger partial charge in [0.05, 0.1) is 18.2 Å². The van der Waals surface area contributed by atoms with Gasteiger partial charge in [0, 0.05) is 12.0 Å². The van der Waals surface area contributed by atoms with Crippen LogP contribution in [-0.4, -0.2) is 23.2 Å². The second kappa shape index (κ2) is 3.95. The number of hydrogen-bond acceptors (Lipinski definition) is 5. The van der Waals surface area contributed by atoms with Gasteiger partial charge in [-0.25, -0.2) is 0 Å². The topological polar surface area (TPSA) is 72.6 Å². The van der Waals surface area contributed by atoms with Crippen molar-refractivity contribution in [2.24, 2.45) is 5.92 Å². The summed E-state index contributed by atoms with van der Waals surface area (Å²) in [7, 11) is 1.55. The van der Waals surface area contributed by atoms with Gasteiger partial charge in [-0.05, 0) is 18.4 Å². The molecule has 0 aliphatic heterocycles. The first-order valence-electron chi connectivity index (χ1n) is 7.00. The van der Waals surface area contributed by atoms with E-state index in [9.17, 15) is 9.90 Å². The molecule has 2 aromatic rings. The van der Waals surface area contributed by atoms with E-state index in [0.717, 1.165) is 0 Å². The Morgan fingerprint density at radius 1 is 1.48 bits per heavy atom. The fourth-order valence-corrected chi connectivity index (χ4v) is 3.62. The van der Waals surface area contributed by atoms with Crippen molar-refractivity contribution in [3.63, 3.8) is 0 Å². The lowest BCUT2D eigenvalue weighted by molar-refractivity contribution is 0.00954. The van der Waals surface area contributed by atoms with Crippen LogP contribution < -0.4 is 4.74 Å². The molecule has 2 aliphatic rings. The summed E-state index contributed by atoms with van der Waals surface area (Å²) >= 11 is 0. The van der Waals surface area contributed by atoms with Gasteiger partial charge in [-0.15, -0.1) is 0 Å². The summed E-state index contributed by atoms with van der Waals surface area (Å²) in [4.78, 5) is 12.9. The van der Waals surface area contributed by atoms with Crippen LogP contribution in [-0.2, 0) is 12.0 Å². The molecule has 1 aromatic carbocycles. The summed E-state index contributed by atoms with van der Waals surface area (Å²) in [6, 6.07) is 5.23. The molecular formula is C16H15NO4. The van der Waals surface area contributed by atoms with E-state index in [2.05, 4.69) is 5.16 Å². The molecule has 21 heavy (non-hydrogen) atoms. The first-order chi connectivity index (χ1) is 10.1. The van der Waals surface area contributed by atoms with Gasteiger partial charge in [0.15, 0.2) is 11.4 Å². The van der Waals surface area contributed by atoms with Gasteiger partial charge >= 0.3 is 0 Å². The molecule has 4 rings (SSSR count). The van der Waals surface area contributed by atoms with Crippen molar-refractivity contribution in [2.75, 3.05) is 7.11 Å². The number of nitrogens with zero attached hydrogens (tertiary/aromatic N) is 1. The average molecular weight is 285 g/mol. The minimum absolute atomic E-state index is 0.166. The molecule has 0 bridgehead atoms. The highest BCUT2D eigenvalue weighted by Crippen LogP contribution is 2.51. The lowest BCUT2D eigenvalue weighted by Gasteiger charge is -2.36. The molecule has 0 saturated heterocycles. The zero-order valence-corrected chi connectivity index (χ0v) is 11.8. The fourth-order valence-electron chi connectivity index (χ4n) is 3.62. The monoisotopic (exact) mass is 285 g/mol. The van der Waals surface area contributed by atoms with Crippen LogP contribution in [0, 0.1) is 5.92 Å². The summed E-state index contributed by atoms with van der Waals surface area (Å²) in [5.74, 6) is 1.05. The maximum absolute atomic E-state index is 12.9. The van der Waals surface area contributed by atoms with E-state index < -0.39 is 5.60 Å². The zero-order valence-electron chi connectivity index (χ0n) is 11.8. The third-order valence-electron chi connectivity index (χ3n) is 4.46. The van der Waals surface area contributed by atoms with Crippen LogP contribution in [0.4, 0.5) is 0 Å². The van der Waals surface area contributed by atoms with Gasteiger partial charge in [-0.2, -0.15) is 0 Å². The molecule has 0 spiro atoms. The highest BCUT2D eigenvalue weighted by Gasteiger charge is 2.52. The molecular weight excluding hydrogens is 270 g/mol. The van der Waals surface area contributed by atoms with Gasteiger partial charge in [0.25, 0.3) is 0 Å². The molecule has 108 valence electrons. The number of ketones is 1. The molecule has 1 N–H and O–H groups in total. The number of methoxy groups -OCH3 is 1. The Labute approximate surface area is 121 Å². The molecule has 5 nitrogen and oxygen atoms in total.